The molecule has 0 atom stereocenters. The van der Waals surface area contributed by atoms with E-state index in [2.05, 4.69) is 10.1 Å². The van der Waals surface area contributed by atoms with Crippen LogP contribution in [-0.4, -0.2) is 22.7 Å². The fourth-order valence-corrected chi connectivity index (χ4v) is 1.64. The lowest BCUT2D eigenvalue weighted by molar-refractivity contribution is 0.0525. The minimum absolute atomic E-state index is 0.293. The molecule has 0 aromatic carbocycles. The van der Waals surface area contributed by atoms with Crippen LogP contribution < -0.4 is 0 Å². The van der Waals surface area contributed by atoms with E-state index in [1.165, 1.54) is 6.20 Å². The van der Waals surface area contributed by atoms with Gasteiger partial charge in [-0.2, -0.15) is 0 Å². The molecular formula is C12H11ClN2O3. The van der Waals surface area contributed by atoms with Gasteiger partial charge >= 0.3 is 5.97 Å². The third kappa shape index (κ3) is 2.36. The molecule has 0 saturated heterocycles. The van der Waals surface area contributed by atoms with Crippen LogP contribution in [-0.2, 0) is 4.74 Å². The zero-order chi connectivity index (χ0) is 13.1. The van der Waals surface area contributed by atoms with Crippen molar-refractivity contribution in [2.24, 2.45) is 0 Å². The van der Waals surface area contributed by atoms with Gasteiger partial charge in [-0.1, -0.05) is 16.8 Å². The number of hydrogen-bond acceptors (Lipinski definition) is 5. The van der Waals surface area contributed by atoms with Crippen molar-refractivity contribution < 1.29 is 14.1 Å². The molecule has 94 valence electrons. The average Bonchev–Trinajstić information content (AvgIpc) is 2.72. The predicted molar refractivity (Wildman–Crippen MR) is 65.4 cm³/mol. The fraction of sp³-hybridized carbons (Fsp3) is 0.250. The number of aromatic nitrogens is 2. The monoisotopic (exact) mass is 266 g/mol. The molecule has 0 fully saturated rings. The number of esters is 1. The summed E-state index contributed by atoms with van der Waals surface area (Å²) in [6, 6.07) is 3.34. The summed E-state index contributed by atoms with van der Waals surface area (Å²) >= 11 is 5.71. The van der Waals surface area contributed by atoms with Crippen LogP contribution in [0.4, 0.5) is 0 Å². The number of rotatable bonds is 3. The maximum absolute atomic E-state index is 11.8. The van der Waals surface area contributed by atoms with Crippen LogP contribution in [0.25, 0.3) is 11.3 Å². The van der Waals surface area contributed by atoms with Crippen LogP contribution >= 0.6 is 11.6 Å². The van der Waals surface area contributed by atoms with Gasteiger partial charge in [0.05, 0.1) is 6.61 Å². The Bertz CT molecular complexity index is 563. The number of nitrogens with zero attached hydrogens (tertiary/aromatic N) is 2. The van der Waals surface area contributed by atoms with E-state index in [-0.39, 0.29) is 0 Å². The second-order valence-electron chi connectivity index (χ2n) is 3.55. The van der Waals surface area contributed by atoms with Crippen LogP contribution in [0.1, 0.15) is 23.0 Å². The minimum Gasteiger partial charge on any atom is -0.462 e. The van der Waals surface area contributed by atoms with E-state index in [0.29, 0.717) is 34.3 Å². The van der Waals surface area contributed by atoms with Gasteiger partial charge in [0.2, 0.25) is 0 Å². The van der Waals surface area contributed by atoms with Crippen molar-refractivity contribution in [3.63, 3.8) is 0 Å². The summed E-state index contributed by atoms with van der Waals surface area (Å²) in [7, 11) is 0. The molecule has 0 N–H and O–H groups in total. The highest BCUT2D eigenvalue weighted by Gasteiger charge is 2.22. The molecule has 0 spiro atoms. The molecule has 0 amide bonds. The van der Waals surface area contributed by atoms with E-state index in [4.69, 9.17) is 20.9 Å². The molecule has 0 aliphatic rings. The minimum atomic E-state index is -0.457. The lowest BCUT2D eigenvalue weighted by atomic mass is 10.1. The van der Waals surface area contributed by atoms with Crippen molar-refractivity contribution in [2.75, 3.05) is 6.61 Å². The number of hydrogen-bond donors (Lipinski definition) is 0. The topological polar surface area (TPSA) is 65.2 Å². The highest BCUT2D eigenvalue weighted by Crippen LogP contribution is 2.26. The summed E-state index contributed by atoms with van der Waals surface area (Å²) < 4.78 is 10.0. The molecule has 2 heterocycles. The van der Waals surface area contributed by atoms with E-state index in [1.807, 2.05) is 0 Å². The Labute approximate surface area is 109 Å². The maximum Gasteiger partial charge on any atom is 0.344 e. The molecule has 0 radical (unpaired) electrons. The average molecular weight is 267 g/mol. The lowest BCUT2D eigenvalue weighted by Crippen LogP contribution is -2.06. The van der Waals surface area contributed by atoms with Crippen LogP contribution in [0.2, 0.25) is 5.15 Å². The van der Waals surface area contributed by atoms with Crippen LogP contribution in [0, 0.1) is 6.92 Å². The van der Waals surface area contributed by atoms with Gasteiger partial charge in [0.1, 0.15) is 22.2 Å². The van der Waals surface area contributed by atoms with Gasteiger partial charge in [0.25, 0.3) is 0 Å². The molecule has 2 aromatic heterocycles. The molecule has 2 aromatic rings. The number of halogens is 1. The molecule has 0 saturated carbocycles. The number of aryl methyl sites for hydroxylation is 1. The molecule has 18 heavy (non-hydrogen) atoms. The highest BCUT2D eigenvalue weighted by molar-refractivity contribution is 6.29. The molecule has 0 aliphatic heterocycles. The van der Waals surface area contributed by atoms with Crippen molar-refractivity contribution in [2.45, 2.75) is 13.8 Å². The Balaban J connectivity index is 2.45. The van der Waals surface area contributed by atoms with E-state index in [1.54, 1.807) is 26.0 Å². The molecule has 0 unspecified atom stereocenters. The van der Waals surface area contributed by atoms with Gasteiger partial charge < -0.3 is 9.26 Å². The summed E-state index contributed by atoms with van der Waals surface area (Å²) in [5, 5.41) is 4.23. The van der Waals surface area contributed by atoms with Gasteiger partial charge in [0, 0.05) is 11.8 Å². The molecular weight excluding hydrogens is 256 g/mol. The second kappa shape index (κ2) is 5.18. The summed E-state index contributed by atoms with van der Waals surface area (Å²) in [4.78, 5) is 15.8. The quantitative estimate of drug-likeness (QED) is 0.631. The first-order valence-electron chi connectivity index (χ1n) is 5.38. The number of carbonyl (C=O) groups is 1. The predicted octanol–water partition coefficient (Wildman–Crippen LogP) is 2.88. The SMILES string of the molecule is CCOC(=O)c1c(-c2ccc(Cl)nc2)noc1C. The van der Waals surface area contributed by atoms with E-state index >= 15 is 0 Å². The number of ether oxygens (including phenoxy) is 1. The zero-order valence-corrected chi connectivity index (χ0v) is 10.7. The lowest BCUT2D eigenvalue weighted by Gasteiger charge is -2.02. The largest absolute Gasteiger partial charge is 0.462 e. The van der Waals surface area contributed by atoms with Crippen molar-refractivity contribution >= 4 is 17.6 Å². The smallest absolute Gasteiger partial charge is 0.344 e. The Morgan fingerprint density at radius 3 is 2.89 bits per heavy atom. The Morgan fingerprint density at radius 1 is 1.50 bits per heavy atom. The van der Waals surface area contributed by atoms with Gasteiger partial charge in [-0.05, 0) is 26.0 Å². The van der Waals surface area contributed by atoms with Gasteiger partial charge in [0.15, 0.2) is 0 Å². The summed E-state index contributed by atoms with van der Waals surface area (Å²) in [5.74, 6) is -0.0420. The normalized spacial score (nSPS) is 10.4. The summed E-state index contributed by atoms with van der Waals surface area (Å²) in [6.07, 6.45) is 1.53. The molecule has 6 heteroatoms. The molecule has 2 rings (SSSR count). The molecule has 5 nitrogen and oxygen atoms in total. The Morgan fingerprint density at radius 2 is 2.28 bits per heavy atom. The number of carbonyl (C=O) groups excluding carboxylic acids is 1. The van der Waals surface area contributed by atoms with Crippen molar-refractivity contribution in [1.29, 1.82) is 0 Å². The van der Waals surface area contributed by atoms with E-state index in [9.17, 15) is 4.79 Å². The zero-order valence-electron chi connectivity index (χ0n) is 9.94. The molecule has 0 aliphatic carbocycles. The van der Waals surface area contributed by atoms with E-state index < -0.39 is 5.97 Å². The van der Waals surface area contributed by atoms with Gasteiger partial charge in [-0.25, -0.2) is 9.78 Å². The molecule has 0 bridgehead atoms. The highest BCUT2D eigenvalue weighted by atomic mass is 35.5. The first-order valence-corrected chi connectivity index (χ1v) is 5.76. The van der Waals surface area contributed by atoms with Gasteiger partial charge in [-0.3, -0.25) is 0 Å². The van der Waals surface area contributed by atoms with Crippen molar-refractivity contribution in [1.82, 2.24) is 10.1 Å². The summed E-state index contributed by atoms with van der Waals surface area (Å²) in [6.45, 7) is 3.69. The van der Waals surface area contributed by atoms with Crippen LogP contribution in [0.5, 0.6) is 0 Å². The Hall–Kier alpha value is -1.88. The third-order valence-electron chi connectivity index (χ3n) is 2.34. The van der Waals surface area contributed by atoms with Crippen molar-refractivity contribution in [3.05, 3.63) is 34.8 Å². The van der Waals surface area contributed by atoms with Crippen molar-refractivity contribution in [3.8, 4) is 11.3 Å². The first-order chi connectivity index (χ1) is 8.63. The van der Waals surface area contributed by atoms with Crippen LogP contribution in [0.15, 0.2) is 22.9 Å². The Kier molecular flexibility index (Phi) is 3.62. The van der Waals surface area contributed by atoms with E-state index in [0.717, 1.165) is 0 Å². The number of pyridine rings is 1. The van der Waals surface area contributed by atoms with Crippen LogP contribution in [0.3, 0.4) is 0 Å². The van der Waals surface area contributed by atoms with Gasteiger partial charge in [-0.15, -0.1) is 0 Å². The third-order valence-corrected chi connectivity index (χ3v) is 2.57. The standard InChI is InChI=1S/C12H11ClN2O3/c1-3-17-12(16)10-7(2)18-15-11(10)8-4-5-9(13)14-6-8/h4-6H,3H2,1-2H3. The maximum atomic E-state index is 11.8. The second-order valence-corrected chi connectivity index (χ2v) is 3.94. The summed E-state index contributed by atoms with van der Waals surface area (Å²) in [5.41, 5.74) is 1.38. The fourth-order valence-electron chi connectivity index (χ4n) is 1.53. The first kappa shape index (κ1) is 12.6.